The van der Waals surface area contributed by atoms with Crippen LogP contribution in [0.25, 0.3) is 11.3 Å². The Hall–Kier alpha value is -2.02. The van der Waals surface area contributed by atoms with Crippen LogP contribution in [0, 0.1) is 11.6 Å². The molecule has 4 N–H and O–H groups in total. The van der Waals surface area contributed by atoms with Crippen LogP contribution in [-0.2, 0) is 0 Å². The van der Waals surface area contributed by atoms with Gasteiger partial charge in [0.05, 0.1) is 10.2 Å². The summed E-state index contributed by atoms with van der Waals surface area (Å²) in [5.74, 6) is -2.07. The van der Waals surface area contributed by atoms with Crippen LogP contribution in [0.5, 0.6) is 0 Å². The van der Waals surface area contributed by atoms with Crippen LogP contribution >= 0.6 is 15.9 Å². The van der Waals surface area contributed by atoms with E-state index < -0.39 is 17.5 Å². The highest BCUT2D eigenvalue weighted by atomic mass is 79.9. The van der Waals surface area contributed by atoms with Crippen molar-refractivity contribution in [3.8, 4) is 11.3 Å². The van der Waals surface area contributed by atoms with Gasteiger partial charge in [-0.2, -0.15) is 0 Å². The minimum atomic E-state index is -0.861. The lowest BCUT2D eigenvalue weighted by Crippen LogP contribution is -2.16. The number of anilines is 1. The Labute approximate surface area is 115 Å². The molecule has 0 aliphatic heterocycles. The highest BCUT2D eigenvalue weighted by Gasteiger charge is 2.16. The number of nitrogens with zero attached hydrogens (tertiary/aromatic N) is 1. The predicted molar refractivity (Wildman–Crippen MR) is 70.2 cm³/mol. The molecule has 0 saturated heterocycles. The molecule has 0 unspecified atom stereocenters. The summed E-state index contributed by atoms with van der Waals surface area (Å²) >= 11 is 2.99. The third-order valence-electron chi connectivity index (χ3n) is 2.43. The van der Waals surface area contributed by atoms with Crippen molar-refractivity contribution < 1.29 is 13.6 Å². The fourth-order valence-electron chi connectivity index (χ4n) is 1.55. The minimum Gasteiger partial charge on any atom is -0.397 e. The number of amides is 1. The molecule has 0 aliphatic carbocycles. The third-order valence-corrected chi connectivity index (χ3v) is 3.04. The van der Waals surface area contributed by atoms with E-state index in [-0.39, 0.29) is 21.5 Å². The summed E-state index contributed by atoms with van der Waals surface area (Å²) < 4.78 is 27.1. The lowest BCUT2D eigenvalue weighted by Gasteiger charge is -2.07. The Kier molecular flexibility index (Phi) is 3.48. The maximum absolute atomic E-state index is 13.8. The van der Waals surface area contributed by atoms with Crippen molar-refractivity contribution in [1.29, 1.82) is 0 Å². The van der Waals surface area contributed by atoms with Crippen molar-refractivity contribution in [2.24, 2.45) is 5.73 Å². The average Bonchev–Trinajstić information content (AvgIpc) is 2.32. The first kappa shape index (κ1) is 13.4. The molecular weight excluding hydrogens is 320 g/mol. The highest BCUT2D eigenvalue weighted by molar-refractivity contribution is 9.10. The molecule has 19 heavy (non-hydrogen) atoms. The second kappa shape index (κ2) is 4.93. The normalized spacial score (nSPS) is 10.5. The van der Waals surface area contributed by atoms with E-state index >= 15 is 0 Å². The first-order chi connectivity index (χ1) is 8.90. The van der Waals surface area contributed by atoms with Gasteiger partial charge < -0.3 is 11.5 Å². The molecule has 1 amide bonds. The molecule has 98 valence electrons. The molecule has 1 aromatic carbocycles. The molecule has 2 rings (SSSR count). The zero-order valence-electron chi connectivity index (χ0n) is 9.45. The zero-order valence-corrected chi connectivity index (χ0v) is 11.0. The molecule has 0 radical (unpaired) electrons. The van der Waals surface area contributed by atoms with Gasteiger partial charge in [0.25, 0.3) is 5.91 Å². The molecule has 4 nitrogen and oxygen atoms in total. The summed E-state index contributed by atoms with van der Waals surface area (Å²) in [5, 5.41) is 0. The summed E-state index contributed by atoms with van der Waals surface area (Å²) in [7, 11) is 0. The van der Waals surface area contributed by atoms with Gasteiger partial charge in [-0.1, -0.05) is 0 Å². The number of rotatable bonds is 2. The van der Waals surface area contributed by atoms with Crippen molar-refractivity contribution in [2.75, 3.05) is 5.73 Å². The number of benzene rings is 1. The van der Waals surface area contributed by atoms with E-state index in [4.69, 9.17) is 11.5 Å². The number of carbonyl (C=O) groups excluding carboxylic acids is 1. The molecule has 1 heterocycles. The number of aromatic nitrogens is 1. The van der Waals surface area contributed by atoms with Gasteiger partial charge in [-0.25, -0.2) is 13.8 Å². The number of hydrogen-bond donors (Lipinski definition) is 2. The summed E-state index contributed by atoms with van der Waals surface area (Å²) in [6.07, 6.45) is 0. The maximum Gasteiger partial charge on any atom is 0.269 e. The van der Waals surface area contributed by atoms with Gasteiger partial charge in [-0.05, 0) is 34.1 Å². The molecule has 2 aromatic rings. The van der Waals surface area contributed by atoms with E-state index in [2.05, 4.69) is 20.9 Å². The number of nitrogens with two attached hydrogens (primary N) is 2. The number of hydrogen-bond acceptors (Lipinski definition) is 3. The van der Waals surface area contributed by atoms with Crippen LogP contribution < -0.4 is 11.5 Å². The van der Waals surface area contributed by atoms with E-state index in [0.29, 0.717) is 5.56 Å². The maximum atomic E-state index is 13.8. The van der Waals surface area contributed by atoms with Crippen molar-refractivity contribution in [2.45, 2.75) is 0 Å². The largest absolute Gasteiger partial charge is 0.397 e. The molecule has 0 spiro atoms. The van der Waals surface area contributed by atoms with E-state index in [1.54, 1.807) is 0 Å². The van der Waals surface area contributed by atoms with Crippen molar-refractivity contribution >= 4 is 27.5 Å². The van der Waals surface area contributed by atoms with E-state index in [9.17, 15) is 13.6 Å². The number of halogens is 3. The van der Waals surface area contributed by atoms with Crippen molar-refractivity contribution in [3.63, 3.8) is 0 Å². The summed E-state index contributed by atoms with van der Waals surface area (Å²) in [5.41, 5.74) is 10.4. The molecule has 1 aromatic heterocycles. The van der Waals surface area contributed by atoms with Gasteiger partial charge in [0, 0.05) is 11.6 Å². The molecule has 0 bridgehead atoms. The Bertz CT molecular complexity index is 676. The average molecular weight is 328 g/mol. The van der Waals surface area contributed by atoms with Gasteiger partial charge in [-0.15, -0.1) is 0 Å². The van der Waals surface area contributed by atoms with Crippen LogP contribution in [0.4, 0.5) is 14.5 Å². The molecule has 7 heteroatoms. The second-order valence-corrected chi connectivity index (χ2v) is 4.60. The lowest BCUT2D eigenvalue weighted by molar-refractivity contribution is 0.0996. The summed E-state index contributed by atoms with van der Waals surface area (Å²) in [4.78, 5) is 14.9. The van der Waals surface area contributed by atoms with Crippen molar-refractivity contribution in [1.82, 2.24) is 4.98 Å². The molecule has 0 fully saturated rings. The molecule has 0 atom stereocenters. The monoisotopic (exact) mass is 327 g/mol. The van der Waals surface area contributed by atoms with Crippen molar-refractivity contribution in [3.05, 3.63) is 46.1 Å². The number of nitrogen functional groups attached to an aromatic ring is 1. The molecular formula is C12H8BrF2N3O. The van der Waals surface area contributed by atoms with E-state index in [1.807, 2.05) is 0 Å². The van der Waals surface area contributed by atoms with Gasteiger partial charge in [0.1, 0.15) is 11.5 Å². The van der Waals surface area contributed by atoms with Gasteiger partial charge in [-0.3, -0.25) is 4.79 Å². The summed E-state index contributed by atoms with van der Waals surface area (Å²) in [6.45, 7) is 0. The number of carbonyl (C=O) groups is 1. The van der Waals surface area contributed by atoms with Crippen LogP contribution in [0.3, 0.4) is 0 Å². The minimum absolute atomic E-state index is 0.122. The standard InChI is InChI=1S/C12H8BrF2N3O/c13-6-3-5(1-2-7(6)14)10-8(15)4-9(16)11(18-10)12(17)19/h1-4H,16H2,(H2,17,19). The summed E-state index contributed by atoms with van der Waals surface area (Å²) in [6, 6.07) is 4.80. The smallest absolute Gasteiger partial charge is 0.269 e. The quantitative estimate of drug-likeness (QED) is 0.888. The van der Waals surface area contributed by atoms with Crippen LogP contribution in [-0.4, -0.2) is 10.9 Å². The number of pyridine rings is 1. The second-order valence-electron chi connectivity index (χ2n) is 3.75. The topological polar surface area (TPSA) is 82.0 Å². The van der Waals surface area contributed by atoms with Crippen LogP contribution in [0.1, 0.15) is 10.5 Å². The van der Waals surface area contributed by atoms with Gasteiger partial charge in [0.15, 0.2) is 11.5 Å². The Morgan fingerprint density at radius 2 is 1.89 bits per heavy atom. The van der Waals surface area contributed by atoms with E-state index in [0.717, 1.165) is 12.1 Å². The Balaban J connectivity index is 2.64. The van der Waals surface area contributed by atoms with Gasteiger partial charge >= 0.3 is 0 Å². The fourth-order valence-corrected chi connectivity index (χ4v) is 1.93. The zero-order chi connectivity index (χ0) is 14.2. The Morgan fingerprint density at radius 1 is 1.21 bits per heavy atom. The fraction of sp³-hybridized carbons (Fsp3) is 0. The van der Waals surface area contributed by atoms with Crippen LogP contribution in [0.2, 0.25) is 0 Å². The van der Waals surface area contributed by atoms with Gasteiger partial charge in [0.2, 0.25) is 0 Å². The van der Waals surface area contributed by atoms with Crippen LogP contribution in [0.15, 0.2) is 28.7 Å². The van der Waals surface area contributed by atoms with E-state index in [1.165, 1.54) is 12.1 Å². The lowest BCUT2D eigenvalue weighted by atomic mass is 10.1. The third kappa shape index (κ3) is 2.55. The first-order valence-electron chi connectivity index (χ1n) is 5.11. The molecule has 0 aliphatic rings. The number of primary amides is 1. The highest BCUT2D eigenvalue weighted by Crippen LogP contribution is 2.27. The Morgan fingerprint density at radius 3 is 2.47 bits per heavy atom. The predicted octanol–water partition coefficient (Wildman–Crippen LogP) is 2.47. The SMILES string of the molecule is NC(=O)c1nc(-c2ccc(F)c(Br)c2)c(F)cc1N. The molecule has 0 saturated carbocycles. The first-order valence-corrected chi connectivity index (χ1v) is 5.90.